The van der Waals surface area contributed by atoms with Gasteiger partial charge < -0.3 is 20.3 Å². The summed E-state index contributed by atoms with van der Waals surface area (Å²) in [7, 11) is 0. The zero-order valence-electron chi connectivity index (χ0n) is 21.8. The summed E-state index contributed by atoms with van der Waals surface area (Å²) in [6.45, 7) is 3.60. The molecule has 10 heteroatoms. The van der Waals surface area contributed by atoms with Gasteiger partial charge in [-0.15, -0.1) is 0 Å². The molecule has 10 nitrogen and oxygen atoms in total. The lowest BCUT2D eigenvalue weighted by atomic mass is 10.0. The van der Waals surface area contributed by atoms with E-state index in [9.17, 15) is 24.0 Å². The smallest absolute Gasteiger partial charge is 0.339 e. The van der Waals surface area contributed by atoms with Gasteiger partial charge in [0.25, 0.3) is 11.8 Å². The van der Waals surface area contributed by atoms with Crippen LogP contribution in [0.25, 0.3) is 0 Å². The fraction of sp³-hybridized carbons (Fsp3) is 0.276. The van der Waals surface area contributed by atoms with Crippen LogP contribution in [0.15, 0.2) is 72.5 Å². The molecule has 1 saturated heterocycles. The Bertz CT molecular complexity index is 1350. The third-order valence-corrected chi connectivity index (χ3v) is 6.56. The third kappa shape index (κ3) is 6.23. The van der Waals surface area contributed by atoms with Crippen LogP contribution < -0.4 is 10.6 Å². The molecule has 0 aliphatic carbocycles. The van der Waals surface area contributed by atoms with Crippen molar-refractivity contribution in [1.82, 2.24) is 20.4 Å². The quantitative estimate of drug-likeness (QED) is 0.307. The number of fused-ring (bicyclic) bond motifs is 1. The summed E-state index contributed by atoms with van der Waals surface area (Å²) in [5, 5.41) is 5.54. The maximum atomic E-state index is 13.2. The number of nitrogens with zero attached hydrogens (tertiary/aromatic N) is 2. The molecule has 0 bridgehead atoms. The molecule has 2 N–H and O–H groups in total. The Morgan fingerprint density at radius 2 is 1.85 bits per heavy atom. The number of hydrogen-bond donors (Lipinski definition) is 2. The summed E-state index contributed by atoms with van der Waals surface area (Å²) in [4.78, 5) is 65.7. The maximum absolute atomic E-state index is 13.2. The van der Waals surface area contributed by atoms with Gasteiger partial charge in [0, 0.05) is 30.8 Å². The molecule has 0 aromatic heterocycles. The van der Waals surface area contributed by atoms with Crippen molar-refractivity contribution >= 4 is 29.7 Å². The van der Waals surface area contributed by atoms with Crippen LogP contribution in [0.1, 0.15) is 58.5 Å². The van der Waals surface area contributed by atoms with Crippen molar-refractivity contribution in [2.45, 2.75) is 45.8 Å². The minimum atomic E-state index is -0.851. The van der Waals surface area contributed by atoms with E-state index in [2.05, 4.69) is 10.6 Å². The van der Waals surface area contributed by atoms with Gasteiger partial charge in [-0.25, -0.2) is 14.5 Å². The fourth-order valence-electron chi connectivity index (χ4n) is 4.53. The number of carbonyl (C=O) groups excluding carboxylic acids is 5. The minimum Gasteiger partial charge on any atom is -0.440 e. The zero-order chi connectivity index (χ0) is 27.9. The van der Waals surface area contributed by atoms with Gasteiger partial charge in [0.05, 0.1) is 5.56 Å². The Kier molecular flexibility index (Phi) is 8.55. The molecule has 2 aromatic rings. The van der Waals surface area contributed by atoms with Gasteiger partial charge in [-0.05, 0) is 55.7 Å². The van der Waals surface area contributed by atoms with Crippen LogP contribution in [0, 0.1) is 0 Å². The monoisotopic (exact) mass is 530 g/mol. The highest BCUT2D eigenvalue weighted by atomic mass is 16.5. The highest BCUT2D eigenvalue weighted by molar-refractivity contribution is 6.05. The van der Waals surface area contributed by atoms with Gasteiger partial charge in [-0.1, -0.05) is 42.5 Å². The molecule has 1 fully saturated rings. The summed E-state index contributed by atoms with van der Waals surface area (Å²) >= 11 is 0. The number of carbonyl (C=O) groups is 5. The fourth-order valence-corrected chi connectivity index (χ4v) is 4.53. The molecular formula is C29H30N4O6. The minimum absolute atomic E-state index is 0.0467. The summed E-state index contributed by atoms with van der Waals surface area (Å²) in [6, 6.07) is 12.3. The van der Waals surface area contributed by atoms with E-state index in [1.807, 2.05) is 26.0 Å². The number of hydrogen-bond acceptors (Lipinski definition) is 6. The van der Waals surface area contributed by atoms with Crippen molar-refractivity contribution in [3.05, 3.63) is 94.7 Å². The van der Waals surface area contributed by atoms with E-state index in [-0.39, 0.29) is 37.9 Å². The molecule has 1 unspecified atom stereocenters. The topological polar surface area (TPSA) is 125 Å². The van der Waals surface area contributed by atoms with Gasteiger partial charge in [-0.2, -0.15) is 0 Å². The number of rotatable bonds is 8. The van der Waals surface area contributed by atoms with Crippen molar-refractivity contribution in [2.75, 3.05) is 6.73 Å². The Hall–Kier alpha value is -4.73. The van der Waals surface area contributed by atoms with Crippen molar-refractivity contribution in [1.29, 1.82) is 0 Å². The first-order valence-corrected chi connectivity index (χ1v) is 12.7. The molecule has 2 aromatic carbocycles. The van der Waals surface area contributed by atoms with Crippen LogP contribution in [0.2, 0.25) is 0 Å². The number of allylic oxidation sites excluding steroid dienone is 3. The average Bonchev–Trinajstić information content (AvgIpc) is 3.27. The predicted molar refractivity (Wildman–Crippen MR) is 142 cm³/mol. The second-order valence-electron chi connectivity index (χ2n) is 9.12. The zero-order valence-corrected chi connectivity index (χ0v) is 21.8. The highest BCUT2D eigenvalue weighted by Crippen LogP contribution is 2.30. The van der Waals surface area contributed by atoms with E-state index in [0.717, 1.165) is 16.0 Å². The van der Waals surface area contributed by atoms with Gasteiger partial charge in [0.2, 0.25) is 5.91 Å². The highest BCUT2D eigenvalue weighted by Gasteiger charge is 2.43. The number of nitrogens with one attached hydrogen (secondary N) is 2. The Morgan fingerprint density at radius 1 is 1.08 bits per heavy atom. The number of urea groups is 1. The molecule has 5 amide bonds. The Labute approximate surface area is 226 Å². The lowest BCUT2D eigenvalue weighted by Crippen LogP contribution is -2.55. The molecule has 2 aliphatic rings. The summed E-state index contributed by atoms with van der Waals surface area (Å²) < 4.78 is 5.21. The Morgan fingerprint density at radius 3 is 2.56 bits per heavy atom. The van der Waals surface area contributed by atoms with Crippen LogP contribution in [-0.2, 0) is 27.4 Å². The van der Waals surface area contributed by atoms with Crippen LogP contribution in [0.4, 0.5) is 4.79 Å². The lowest BCUT2D eigenvalue weighted by molar-refractivity contribution is -0.156. The van der Waals surface area contributed by atoms with E-state index in [1.165, 1.54) is 4.90 Å². The maximum Gasteiger partial charge on any atom is 0.339 e. The first-order valence-electron chi connectivity index (χ1n) is 12.7. The molecule has 202 valence electrons. The average molecular weight is 531 g/mol. The number of amides is 5. The summed E-state index contributed by atoms with van der Waals surface area (Å²) in [5.74, 6) is -1.99. The molecule has 39 heavy (non-hydrogen) atoms. The molecule has 0 saturated carbocycles. The van der Waals surface area contributed by atoms with Crippen molar-refractivity contribution in [3.63, 3.8) is 0 Å². The van der Waals surface area contributed by atoms with Gasteiger partial charge in [-0.3, -0.25) is 14.4 Å². The molecule has 0 radical (unpaired) electrons. The lowest BCUT2D eigenvalue weighted by Gasteiger charge is -2.34. The molecule has 2 aliphatic heterocycles. The standard InChI is InChI=1S/C29H30N4O6/c1-3-8-22(4-2)31-29(38)30-16-19-11-12-23-21(15-19)17-32(26(23)35)24-13-14-25(34)33(27(24)36)18-39-28(37)20-9-6-5-7-10-20/h3-12,15,24H,13-14,16-18H2,1-2H3,(H2,30,31,38)/b8-3-,22-4+. The van der Waals surface area contributed by atoms with Crippen LogP contribution in [0.3, 0.4) is 0 Å². The molecule has 4 rings (SSSR count). The second-order valence-corrected chi connectivity index (χ2v) is 9.12. The van der Waals surface area contributed by atoms with Crippen molar-refractivity contribution in [3.8, 4) is 0 Å². The van der Waals surface area contributed by atoms with Crippen molar-refractivity contribution in [2.24, 2.45) is 0 Å². The van der Waals surface area contributed by atoms with Crippen LogP contribution in [-0.4, -0.2) is 52.3 Å². The van der Waals surface area contributed by atoms with Crippen molar-refractivity contribution < 1.29 is 28.7 Å². The number of benzene rings is 2. The normalized spacial score (nSPS) is 17.4. The van der Waals surface area contributed by atoms with E-state index in [0.29, 0.717) is 16.8 Å². The first-order chi connectivity index (χ1) is 18.8. The van der Waals surface area contributed by atoms with Gasteiger partial charge in [0.1, 0.15) is 6.04 Å². The number of piperidine rings is 1. The third-order valence-electron chi connectivity index (χ3n) is 6.56. The van der Waals surface area contributed by atoms with Crippen LogP contribution in [0.5, 0.6) is 0 Å². The number of imide groups is 1. The first kappa shape index (κ1) is 27.3. The largest absolute Gasteiger partial charge is 0.440 e. The number of ether oxygens (including phenoxy) is 1. The Balaban J connectivity index is 1.38. The second kappa shape index (κ2) is 12.2. The van der Waals surface area contributed by atoms with E-state index >= 15 is 0 Å². The predicted octanol–water partition coefficient (Wildman–Crippen LogP) is 3.25. The van der Waals surface area contributed by atoms with E-state index in [1.54, 1.807) is 54.6 Å². The number of esters is 1. The summed E-state index contributed by atoms with van der Waals surface area (Å²) in [6.07, 6.45) is 5.62. The molecular weight excluding hydrogens is 500 g/mol. The molecule has 0 spiro atoms. The van der Waals surface area contributed by atoms with E-state index in [4.69, 9.17) is 4.74 Å². The van der Waals surface area contributed by atoms with Gasteiger partial charge in [0.15, 0.2) is 6.73 Å². The van der Waals surface area contributed by atoms with E-state index < -0.39 is 30.6 Å². The van der Waals surface area contributed by atoms with Crippen LogP contribution >= 0.6 is 0 Å². The number of likely N-dealkylation sites (tertiary alicyclic amines) is 1. The molecule has 1 atom stereocenters. The van der Waals surface area contributed by atoms with Gasteiger partial charge >= 0.3 is 12.0 Å². The molecule has 2 heterocycles. The summed E-state index contributed by atoms with van der Waals surface area (Å²) in [5.41, 5.74) is 2.98. The SMILES string of the molecule is C/C=C\C(=C/C)NC(=O)NCc1ccc2c(c1)CN(C1CCC(=O)N(COC(=O)c3ccccc3)C1=O)C2=O.